The minimum absolute atomic E-state index is 0.158. The molecule has 0 fully saturated rings. The van der Waals surface area contributed by atoms with E-state index < -0.39 is 16.4 Å². The van der Waals surface area contributed by atoms with Crippen LogP contribution in [-0.4, -0.2) is 36.4 Å². The lowest BCUT2D eigenvalue weighted by Crippen LogP contribution is -2.23. The zero-order chi connectivity index (χ0) is 19.3. The topological polar surface area (TPSA) is 88.4 Å². The number of nitrogens with zero attached hydrogens (tertiary/aromatic N) is 1. The molecule has 7 heteroatoms. The SMILES string of the molecule is O=C(NCc1ccc(S(=O)(=O)CCO)cc1)c1cccc(-n2cccc2)c1. The van der Waals surface area contributed by atoms with E-state index in [1.807, 2.05) is 41.2 Å². The second kappa shape index (κ2) is 8.20. The molecule has 6 nitrogen and oxygen atoms in total. The summed E-state index contributed by atoms with van der Waals surface area (Å²) in [4.78, 5) is 12.6. The highest BCUT2D eigenvalue weighted by atomic mass is 32.2. The standard InChI is InChI=1S/C20H20N2O4S/c23-12-13-27(25,26)19-8-6-16(7-9-19)15-21-20(24)17-4-3-5-18(14-17)22-10-1-2-11-22/h1-11,14,23H,12-13,15H2,(H,21,24). The third-order valence-electron chi connectivity index (χ3n) is 4.11. The van der Waals surface area contributed by atoms with E-state index in [-0.39, 0.29) is 23.1 Å². The second-order valence-electron chi connectivity index (χ2n) is 6.01. The zero-order valence-corrected chi connectivity index (χ0v) is 15.4. The van der Waals surface area contributed by atoms with Crippen LogP contribution in [0.2, 0.25) is 0 Å². The van der Waals surface area contributed by atoms with Crippen LogP contribution in [0.5, 0.6) is 0 Å². The molecule has 1 amide bonds. The summed E-state index contributed by atoms with van der Waals surface area (Å²) < 4.78 is 25.7. The minimum Gasteiger partial charge on any atom is -0.395 e. The number of hydrogen-bond donors (Lipinski definition) is 2. The quantitative estimate of drug-likeness (QED) is 0.653. The van der Waals surface area contributed by atoms with E-state index in [0.29, 0.717) is 5.56 Å². The van der Waals surface area contributed by atoms with Crippen LogP contribution in [0, 0.1) is 0 Å². The van der Waals surface area contributed by atoms with Crippen molar-refractivity contribution in [1.29, 1.82) is 0 Å². The lowest BCUT2D eigenvalue weighted by molar-refractivity contribution is 0.0951. The molecular weight excluding hydrogens is 364 g/mol. The van der Waals surface area contributed by atoms with Crippen molar-refractivity contribution in [2.75, 3.05) is 12.4 Å². The highest BCUT2D eigenvalue weighted by molar-refractivity contribution is 7.91. The highest BCUT2D eigenvalue weighted by Crippen LogP contribution is 2.13. The van der Waals surface area contributed by atoms with Crippen LogP contribution in [0.15, 0.2) is 78.0 Å². The Balaban J connectivity index is 1.65. The number of carbonyl (C=O) groups is 1. The molecule has 0 spiro atoms. The number of nitrogens with one attached hydrogen (secondary N) is 1. The molecule has 2 aromatic carbocycles. The Morgan fingerprint density at radius 3 is 2.37 bits per heavy atom. The number of carbonyl (C=O) groups excluding carboxylic acids is 1. The van der Waals surface area contributed by atoms with Gasteiger partial charge in [-0.05, 0) is 48.0 Å². The average molecular weight is 384 g/mol. The Kier molecular flexibility index (Phi) is 5.73. The summed E-state index contributed by atoms with van der Waals surface area (Å²) in [5.41, 5.74) is 2.22. The van der Waals surface area contributed by atoms with Gasteiger partial charge in [0.25, 0.3) is 5.91 Å². The molecule has 0 bridgehead atoms. The summed E-state index contributed by atoms with van der Waals surface area (Å²) in [6.45, 7) is -0.130. The van der Waals surface area contributed by atoms with Gasteiger partial charge in [0.15, 0.2) is 9.84 Å². The first-order valence-electron chi connectivity index (χ1n) is 8.44. The van der Waals surface area contributed by atoms with Crippen molar-refractivity contribution in [3.8, 4) is 5.69 Å². The predicted molar refractivity (Wildman–Crippen MR) is 103 cm³/mol. The van der Waals surface area contributed by atoms with E-state index in [1.54, 1.807) is 24.3 Å². The molecule has 3 rings (SSSR count). The Labute approximate surface area is 158 Å². The first-order chi connectivity index (χ1) is 13.0. The lowest BCUT2D eigenvalue weighted by atomic mass is 10.1. The molecule has 3 aromatic rings. The molecule has 140 valence electrons. The molecule has 1 heterocycles. The summed E-state index contributed by atoms with van der Waals surface area (Å²) in [6, 6.07) is 17.4. The number of sulfone groups is 1. The molecule has 0 saturated carbocycles. The van der Waals surface area contributed by atoms with Crippen molar-refractivity contribution in [3.63, 3.8) is 0 Å². The van der Waals surface area contributed by atoms with Crippen LogP contribution < -0.4 is 5.32 Å². The van der Waals surface area contributed by atoms with Gasteiger partial charge in [-0.3, -0.25) is 4.79 Å². The number of aliphatic hydroxyl groups excluding tert-OH is 1. The summed E-state index contributed by atoms with van der Waals surface area (Å²) in [6.07, 6.45) is 3.81. The van der Waals surface area contributed by atoms with E-state index >= 15 is 0 Å². The van der Waals surface area contributed by atoms with Crippen molar-refractivity contribution in [2.24, 2.45) is 0 Å². The molecule has 0 unspecified atom stereocenters. The highest BCUT2D eigenvalue weighted by Gasteiger charge is 2.13. The van der Waals surface area contributed by atoms with E-state index in [4.69, 9.17) is 5.11 Å². The third kappa shape index (κ3) is 4.64. The summed E-state index contributed by atoms with van der Waals surface area (Å²) in [5, 5.41) is 11.7. The van der Waals surface area contributed by atoms with E-state index in [2.05, 4.69) is 5.32 Å². The molecule has 27 heavy (non-hydrogen) atoms. The Hall–Kier alpha value is -2.90. The third-order valence-corrected chi connectivity index (χ3v) is 5.82. The predicted octanol–water partition coefficient (Wildman–Crippen LogP) is 2.17. The maximum Gasteiger partial charge on any atom is 0.251 e. The first-order valence-corrected chi connectivity index (χ1v) is 10.1. The molecule has 0 aliphatic rings. The van der Waals surface area contributed by atoms with Crippen LogP contribution in [0.1, 0.15) is 15.9 Å². The summed E-state index contributed by atoms with van der Waals surface area (Å²) in [7, 11) is -3.47. The maximum atomic E-state index is 12.4. The number of hydrogen-bond acceptors (Lipinski definition) is 4. The lowest BCUT2D eigenvalue weighted by Gasteiger charge is -2.09. The van der Waals surface area contributed by atoms with Gasteiger partial charge >= 0.3 is 0 Å². The average Bonchev–Trinajstić information content (AvgIpc) is 3.21. The molecule has 0 atom stereocenters. The second-order valence-corrected chi connectivity index (χ2v) is 8.12. The van der Waals surface area contributed by atoms with Crippen molar-refractivity contribution in [2.45, 2.75) is 11.4 Å². The fourth-order valence-corrected chi connectivity index (χ4v) is 3.68. The number of aromatic nitrogens is 1. The summed E-state index contributed by atoms with van der Waals surface area (Å²) in [5.74, 6) is -0.512. The normalized spacial score (nSPS) is 11.3. The molecule has 1 aromatic heterocycles. The fourth-order valence-electron chi connectivity index (χ4n) is 2.65. The van der Waals surface area contributed by atoms with Gasteiger partial charge in [0, 0.05) is 30.2 Å². The van der Waals surface area contributed by atoms with Gasteiger partial charge in [0.2, 0.25) is 0 Å². The number of aliphatic hydroxyl groups is 1. The van der Waals surface area contributed by atoms with Gasteiger partial charge in [-0.25, -0.2) is 8.42 Å². The van der Waals surface area contributed by atoms with E-state index in [0.717, 1.165) is 11.3 Å². The van der Waals surface area contributed by atoms with Gasteiger partial charge in [-0.1, -0.05) is 18.2 Å². The number of amides is 1. The van der Waals surface area contributed by atoms with Gasteiger partial charge in [0.05, 0.1) is 17.3 Å². The van der Waals surface area contributed by atoms with E-state index in [1.165, 1.54) is 12.1 Å². The van der Waals surface area contributed by atoms with Crippen LogP contribution in [0.25, 0.3) is 5.69 Å². The molecule has 0 radical (unpaired) electrons. The zero-order valence-electron chi connectivity index (χ0n) is 14.6. The minimum atomic E-state index is -3.47. The van der Waals surface area contributed by atoms with Crippen LogP contribution >= 0.6 is 0 Å². The van der Waals surface area contributed by atoms with Gasteiger partial charge in [0.1, 0.15) is 0 Å². The van der Waals surface area contributed by atoms with Crippen molar-refractivity contribution >= 4 is 15.7 Å². The fraction of sp³-hybridized carbons (Fsp3) is 0.150. The monoisotopic (exact) mass is 384 g/mol. The van der Waals surface area contributed by atoms with Crippen LogP contribution in [0.4, 0.5) is 0 Å². The van der Waals surface area contributed by atoms with Crippen molar-refractivity contribution < 1.29 is 18.3 Å². The van der Waals surface area contributed by atoms with Crippen LogP contribution in [0.3, 0.4) is 0 Å². The van der Waals surface area contributed by atoms with Gasteiger partial charge in [-0.15, -0.1) is 0 Å². The Morgan fingerprint density at radius 2 is 1.70 bits per heavy atom. The smallest absolute Gasteiger partial charge is 0.251 e. The van der Waals surface area contributed by atoms with Crippen molar-refractivity contribution in [3.05, 3.63) is 84.2 Å². The number of rotatable bonds is 7. The molecule has 0 aliphatic carbocycles. The van der Waals surface area contributed by atoms with E-state index in [9.17, 15) is 13.2 Å². The summed E-state index contributed by atoms with van der Waals surface area (Å²) >= 11 is 0. The first kappa shape index (κ1) is 18.9. The Bertz CT molecular complexity index is 1010. The largest absolute Gasteiger partial charge is 0.395 e. The molecule has 0 aliphatic heterocycles. The van der Waals surface area contributed by atoms with Crippen molar-refractivity contribution in [1.82, 2.24) is 9.88 Å². The molecule has 2 N–H and O–H groups in total. The molecule has 0 saturated heterocycles. The van der Waals surface area contributed by atoms with Crippen LogP contribution in [-0.2, 0) is 16.4 Å². The van der Waals surface area contributed by atoms with Gasteiger partial charge < -0.3 is 15.0 Å². The molecular formula is C20H20N2O4S. The number of benzene rings is 2. The Morgan fingerprint density at radius 1 is 1.00 bits per heavy atom. The van der Waals surface area contributed by atoms with Gasteiger partial charge in [-0.2, -0.15) is 0 Å². The maximum absolute atomic E-state index is 12.4.